The fourth-order valence-corrected chi connectivity index (χ4v) is 1.93. The largest absolute Gasteiger partial charge is 0.386 e. The Morgan fingerprint density at radius 1 is 1.31 bits per heavy atom. The number of aliphatic hydroxyl groups excluding tert-OH is 1. The average molecular weight is 174 g/mol. The molecule has 2 heterocycles. The minimum Gasteiger partial charge on any atom is -0.386 e. The van der Waals surface area contributed by atoms with E-state index < -0.39 is 0 Å². The molecule has 1 unspecified atom stereocenters. The number of hydrogen-bond donors (Lipinski definition) is 3. The van der Waals surface area contributed by atoms with Crippen molar-refractivity contribution in [1.29, 1.82) is 0 Å². The highest BCUT2D eigenvalue weighted by molar-refractivity contribution is 5.94. The molecule has 3 rings (SSSR count). The Labute approximate surface area is 75.4 Å². The first kappa shape index (κ1) is 6.97. The van der Waals surface area contributed by atoms with E-state index in [4.69, 9.17) is 0 Å². The Hall–Kier alpha value is -1.48. The minimum atomic E-state index is -0.353. The number of aromatic amines is 1. The monoisotopic (exact) mass is 174 g/mol. The van der Waals surface area contributed by atoms with Crippen molar-refractivity contribution in [3.63, 3.8) is 0 Å². The van der Waals surface area contributed by atoms with Gasteiger partial charge in [-0.25, -0.2) is 0 Å². The summed E-state index contributed by atoms with van der Waals surface area (Å²) in [5.74, 6) is 0. The maximum Gasteiger partial charge on any atom is 0.0982 e. The minimum absolute atomic E-state index is 0.353. The Morgan fingerprint density at radius 3 is 3.15 bits per heavy atom. The van der Waals surface area contributed by atoms with Crippen LogP contribution in [0.1, 0.15) is 11.7 Å². The molecule has 66 valence electrons. The van der Waals surface area contributed by atoms with E-state index >= 15 is 0 Å². The summed E-state index contributed by atoms with van der Waals surface area (Å²) in [6.45, 7) is 0.625. The third-order valence-corrected chi connectivity index (χ3v) is 2.60. The lowest BCUT2D eigenvalue weighted by molar-refractivity contribution is 0.199. The number of β-amino-alcohol motifs (C(OH)–C–C–N with tert-alkyl or cyclic N) is 1. The number of aliphatic hydroxyl groups is 1. The summed E-state index contributed by atoms with van der Waals surface area (Å²) < 4.78 is 0. The number of aromatic nitrogens is 1. The van der Waals surface area contributed by atoms with Crippen molar-refractivity contribution in [3.8, 4) is 0 Å². The SMILES string of the molecule is OC1CNc2c1ccc1[nH]ccc21. The van der Waals surface area contributed by atoms with Crippen LogP contribution in [-0.2, 0) is 0 Å². The molecular weight excluding hydrogens is 164 g/mol. The predicted octanol–water partition coefficient (Wildman–Crippen LogP) is 1.63. The van der Waals surface area contributed by atoms with Crippen molar-refractivity contribution in [2.75, 3.05) is 11.9 Å². The van der Waals surface area contributed by atoms with E-state index in [2.05, 4.69) is 10.3 Å². The lowest BCUT2D eigenvalue weighted by Crippen LogP contribution is -1.99. The topological polar surface area (TPSA) is 48.0 Å². The Bertz CT molecular complexity index is 461. The lowest BCUT2D eigenvalue weighted by atomic mass is 10.1. The molecule has 13 heavy (non-hydrogen) atoms. The highest BCUT2D eigenvalue weighted by Gasteiger charge is 2.21. The van der Waals surface area contributed by atoms with Crippen molar-refractivity contribution in [1.82, 2.24) is 4.98 Å². The third-order valence-electron chi connectivity index (χ3n) is 2.60. The predicted molar refractivity (Wildman–Crippen MR) is 51.7 cm³/mol. The second-order valence-electron chi connectivity index (χ2n) is 3.37. The normalized spacial score (nSPS) is 20.2. The van der Waals surface area contributed by atoms with Gasteiger partial charge in [-0.15, -0.1) is 0 Å². The van der Waals surface area contributed by atoms with Crippen LogP contribution < -0.4 is 5.32 Å². The van der Waals surface area contributed by atoms with Gasteiger partial charge >= 0.3 is 0 Å². The number of H-pyrrole nitrogens is 1. The van der Waals surface area contributed by atoms with Crippen LogP contribution in [0.15, 0.2) is 24.4 Å². The van der Waals surface area contributed by atoms with Crippen LogP contribution in [-0.4, -0.2) is 16.6 Å². The van der Waals surface area contributed by atoms with E-state index in [-0.39, 0.29) is 6.10 Å². The van der Waals surface area contributed by atoms with E-state index in [0.29, 0.717) is 6.54 Å². The van der Waals surface area contributed by atoms with E-state index in [9.17, 15) is 5.11 Å². The molecule has 0 radical (unpaired) electrons. The van der Waals surface area contributed by atoms with Gasteiger partial charge < -0.3 is 15.4 Å². The van der Waals surface area contributed by atoms with Gasteiger partial charge in [-0.2, -0.15) is 0 Å². The molecule has 0 bridgehead atoms. The van der Waals surface area contributed by atoms with Gasteiger partial charge in [0.05, 0.1) is 6.10 Å². The van der Waals surface area contributed by atoms with E-state index in [0.717, 1.165) is 22.2 Å². The lowest BCUT2D eigenvalue weighted by Gasteiger charge is -2.01. The number of benzene rings is 1. The summed E-state index contributed by atoms with van der Waals surface area (Å²) in [6.07, 6.45) is 1.56. The van der Waals surface area contributed by atoms with Crippen molar-refractivity contribution >= 4 is 16.6 Å². The molecule has 0 amide bonds. The Morgan fingerprint density at radius 2 is 2.23 bits per heavy atom. The van der Waals surface area contributed by atoms with E-state index in [1.807, 2.05) is 24.4 Å². The van der Waals surface area contributed by atoms with Gasteiger partial charge in [-0.3, -0.25) is 0 Å². The van der Waals surface area contributed by atoms with E-state index in [1.165, 1.54) is 0 Å². The smallest absolute Gasteiger partial charge is 0.0982 e. The number of anilines is 1. The fraction of sp³-hybridized carbons (Fsp3) is 0.200. The van der Waals surface area contributed by atoms with Crippen LogP contribution >= 0.6 is 0 Å². The van der Waals surface area contributed by atoms with Crippen LogP contribution in [0.5, 0.6) is 0 Å². The number of nitrogens with one attached hydrogen (secondary N) is 2. The van der Waals surface area contributed by atoms with Crippen LogP contribution in [0.2, 0.25) is 0 Å². The second kappa shape index (κ2) is 2.26. The van der Waals surface area contributed by atoms with Gasteiger partial charge in [0.15, 0.2) is 0 Å². The molecule has 0 aliphatic carbocycles. The summed E-state index contributed by atoms with van der Waals surface area (Å²) in [4.78, 5) is 3.14. The average Bonchev–Trinajstić information content (AvgIpc) is 2.70. The third kappa shape index (κ3) is 0.820. The van der Waals surface area contributed by atoms with Gasteiger partial charge in [0, 0.05) is 34.9 Å². The standard InChI is InChI=1S/C10H10N2O/c13-9-5-12-10-6-3-4-11-8(6)2-1-7(9)10/h1-4,9,11-13H,5H2. The quantitative estimate of drug-likeness (QED) is 0.568. The van der Waals surface area contributed by atoms with E-state index in [1.54, 1.807) is 0 Å². The summed E-state index contributed by atoms with van der Waals surface area (Å²) in [6, 6.07) is 6.00. The van der Waals surface area contributed by atoms with Gasteiger partial charge in [-0.1, -0.05) is 6.07 Å². The van der Waals surface area contributed by atoms with Crippen molar-refractivity contribution in [2.24, 2.45) is 0 Å². The molecule has 1 aliphatic heterocycles. The zero-order valence-corrected chi connectivity index (χ0v) is 7.04. The molecular formula is C10H10N2O. The summed E-state index contributed by atoms with van der Waals surface area (Å²) in [5, 5.41) is 14.0. The number of fused-ring (bicyclic) bond motifs is 3. The van der Waals surface area contributed by atoms with Crippen molar-refractivity contribution < 1.29 is 5.11 Å². The van der Waals surface area contributed by atoms with Gasteiger partial charge in [0.25, 0.3) is 0 Å². The fourth-order valence-electron chi connectivity index (χ4n) is 1.93. The van der Waals surface area contributed by atoms with Crippen LogP contribution in [0.4, 0.5) is 5.69 Å². The first-order valence-corrected chi connectivity index (χ1v) is 4.38. The highest BCUT2D eigenvalue weighted by Crippen LogP contribution is 2.35. The molecule has 3 heteroatoms. The van der Waals surface area contributed by atoms with Crippen LogP contribution in [0, 0.1) is 0 Å². The molecule has 1 aliphatic rings. The molecule has 3 N–H and O–H groups in total. The second-order valence-corrected chi connectivity index (χ2v) is 3.37. The Balaban J connectivity index is 2.39. The molecule has 0 saturated carbocycles. The summed E-state index contributed by atoms with van der Waals surface area (Å²) >= 11 is 0. The zero-order chi connectivity index (χ0) is 8.84. The molecule has 1 atom stereocenters. The first-order valence-electron chi connectivity index (χ1n) is 4.38. The maximum atomic E-state index is 9.61. The zero-order valence-electron chi connectivity index (χ0n) is 7.04. The van der Waals surface area contributed by atoms with Gasteiger partial charge in [0.1, 0.15) is 0 Å². The molecule has 2 aromatic rings. The molecule has 1 aromatic heterocycles. The number of hydrogen-bond acceptors (Lipinski definition) is 2. The molecule has 0 spiro atoms. The summed E-state index contributed by atoms with van der Waals surface area (Å²) in [5.41, 5.74) is 3.19. The van der Waals surface area contributed by atoms with Crippen LogP contribution in [0.3, 0.4) is 0 Å². The first-order chi connectivity index (χ1) is 6.36. The van der Waals surface area contributed by atoms with Crippen LogP contribution in [0.25, 0.3) is 10.9 Å². The molecule has 0 saturated heterocycles. The number of rotatable bonds is 0. The van der Waals surface area contributed by atoms with Crippen molar-refractivity contribution in [3.05, 3.63) is 30.0 Å². The van der Waals surface area contributed by atoms with Gasteiger partial charge in [-0.05, 0) is 12.1 Å². The molecule has 3 nitrogen and oxygen atoms in total. The highest BCUT2D eigenvalue weighted by atomic mass is 16.3. The van der Waals surface area contributed by atoms with Crippen molar-refractivity contribution in [2.45, 2.75) is 6.10 Å². The summed E-state index contributed by atoms with van der Waals surface area (Å²) in [7, 11) is 0. The molecule has 1 aromatic carbocycles. The maximum absolute atomic E-state index is 9.61. The molecule has 0 fully saturated rings. The van der Waals surface area contributed by atoms with Gasteiger partial charge in [0.2, 0.25) is 0 Å². The Kier molecular flexibility index (Phi) is 1.21.